The van der Waals surface area contributed by atoms with Crippen molar-refractivity contribution >= 4 is 5.97 Å². The van der Waals surface area contributed by atoms with Crippen LogP contribution in [0.25, 0.3) is 0 Å². The smallest absolute Gasteiger partial charge is 0.319 e. The zero-order chi connectivity index (χ0) is 11.1. The molecule has 5 heteroatoms. The minimum absolute atomic E-state index is 0.170. The quantitative estimate of drug-likeness (QED) is 0.618. The van der Waals surface area contributed by atoms with E-state index < -0.39 is 0 Å². The summed E-state index contributed by atoms with van der Waals surface area (Å²) in [6.07, 6.45) is 1.06. The van der Waals surface area contributed by atoms with Gasteiger partial charge in [0.15, 0.2) is 0 Å². The van der Waals surface area contributed by atoms with Crippen LogP contribution in [0.5, 0.6) is 0 Å². The van der Waals surface area contributed by atoms with Crippen molar-refractivity contribution in [2.45, 2.75) is 19.4 Å². The van der Waals surface area contributed by atoms with E-state index in [9.17, 15) is 4.79 Å². The molecule has 0 aromatic rings. The van der Waals surface area contributed by atoms with Crippen LogP contribution in [-0.2, 0) is 19.0 Å². The third kappa shape index (κ3) is 4.59. The number of esters is 1. The topological polar surface area (TPSA) is 48.0 Å². The Morgan fingerprint density at radius 1 is 1.60 bits per heavy atom. The van der Waals surface area contributed by atoms with E-state index in [2.05, 4.69) is 4.74 Å². The van der Waals surface area contributed by atoms with Crippen molar-refractivity contribution in [3.05, 3.63) is 0 Å². The maximum absolute atomic E-state index is 11.1. The van der Waals surface area contributed by atoms with Crippen molar-refractivity contribution < 1.29 is 19.0 Å². The monoisotopic (exact) mass is 217 g/mol. The van der Waals surface area contributed by atoms with Crippen molar-refractivity contribution in [3.63, 3.8) is 0 Å². The van der Waals surface area contributed by atoms with E-state index in [1.807, 2.05) is 11.8 Å². The molecule has 1 heterocycles. The van der Waals surface area contributed by atoms with E-state index in [1.54, 1.807) is 0 Å². The molecular formula is C10H19NO4. The van der Waals surface area contributed by atoms with Crippen molar-refractivity contribution in [1.29, 1.82) is 0 Å². The third-order valence-corrected chi connectivity index (χ3v) is 2.46. The highest BCUT2D eigenvalue weighted by Gasteiger charge is 2.18. The maximum atomic E-state index is 11.1. The van der Waals surface area contributed by atoms with Gasteiger partial charge in [0.1, 0.15) is 6.79 Å². The summed E-state index contributed by atoms with van der Waals surface area (Å²) < 4.78 is 15.1. The minimum atomic E-state index is -0.205. The van der Waals surface area contributed by atoms with Crippen LogP contribution in [0.3, 0.4) is 0 Å². The Hall–Kier alpha value is -0.650. The van der Waals surface area contributed by atoms with Gasteiger partial charge >= 0.3 is 5.97 Å². The predicted octanol–water partition coefficient (Wildman–Crippen LogP) is 0.244. The van der Waals surface area contributed by atoms with Crippen molar-refractivity contribution in [3.8, 4) is 0 Å². The fourth-order valence-electron chi connectivity index (χ4n) is 1.49. The van der Waals surface area contributed by atoms with Crippen LogP contribution in [0.1, 0.15) is 13.3 Å². The van der Waals surface area contributed by atoms with Crippen molar-refractivity contribution in [2.24, 2.45) is 0 Å². The van der Waals surface area contributed by atoms with Crippen LogP contribution < -0.4 is 0 Å². The molecule has 0 radical (unpaired) electrons. The molecule has 0 N–H and O–H groups in total. The van der Waals surface area contributed by atoms with Gasteiger partial charge in [-0.2, -0.15) is 0 Å². The van der Waals surface area contributed by atoms with Crippen molar-refractivity contribution in [1.82, 2.24) is 4.90 Å². The molecule has 0 spiro atoms. The molecule has 0 aromatic carbocycles. The molecule has 1 aliphatic rings. The number of nitrogens with zero attached hydrogens (tertiary/aromatic N) is 1. The van der Waals surface area contributed by atoms with E-state index in [-0.39, 0.29) is 12.1 Å². The molecule has 0 bridgehead atoms. The Balaban J connectivity index is 2.28. The molecule has 0 amide bonds. The Morgan fingerprint density at radius 3 is 2.93 bits per heavy atom. The molecule has 0 saturated carbocycles. The summed E-state index contributed by atoms with van der Waals surface area (Å²) in [5, 5.41) is 0. The minimum Gasteiger partial charge on any atom is -0.468 e. The first-order chi connectivity index (χ1) is 7.26. The molecule has 1 unspecified atom stereocenters. The van der Waals surface area contributed by atoms with Gasteiger partial charge in [0.25, 0.3) is 0 Å². The van der Waals surface area contributed by atoms with E-state index >= 15 is 0 Å². The lowest BCUT2D eigenvalue weighted by molar-refractivity contribution is -0.150. The van der Waals surface area contributed by atoms with Crippen LogP contribution in [-0.4, -0.2) is 57.1 Å². The van der Waals surface area contributed by atoms with Crippen LogP contribution >= 0.6 is 0 Å². The van der Waals surface area contributed by atoms with Gasteiger partial charge in [-0.1, -0.05) is 6.92 Å². The first-order valence-electron chi connectivity index (χ1n) is 5.24. The standard InChI is InChI=1S/C10H19NO4/c1-3-11(7-10(12)13-2)6-9-4-5-14-8-15-9/h9H,3-8H2,1-2H3. The van der Waals surface area contributed by atoms with Gasteiger partial charge in [0.2, 0.25) is 0 Å². The lowest BCUT2D eigenvalue weighted by Crippen LogP contribution is -2.40. The molecule has 1 rings (SSSR count). The molecule has 0 aromatic heterocycles. The molecule has 15 heavy (non-hydrogen) atoms. The third-order valence-electron chi connectivity index (χ3n) is 2.46. The second-order valence-corrected chi connectivity index (χ2v) is 3.51. The first kappa shape index (κ1) is 12.4. The molecule has 5 nitrogen and oxygen atoms in total. The summed E-state index contributed by atoms with van der Waals surface area (Å²) in [4.78, 5) is 13.1. The van der Waals surface area contributed by atoms with E-state index in [0.29, 0.717) is 13.3 Å². The summed E-state index contributed by atoms with van der Waals surface area (Å²) in [6.45, 7) is 5.02. The van der Waals surface area contributed by atoms with Gasteiger partial charge in [-0.3, -0.25) is 9.69 Å². The van der Waals surface area contributed by atoms with Gasteiger partial charge in [-0.05, 0) is 13.0 Å². The van der Waals surface area contributed by atoms with Gasteiger partial charge in [-0.15, -0.1) is 0 Å². The summed E-state index contributed by atoms with van der Waals surface area (Å²) in [5.41, 5.74) is 0. The fraction of sp³-hybridized carbons (Fsp3) is 0.900. The molecule has 0 aliphatic carbocycles. The summed E-state index contributed by atoms with van der Waals surface area (Å²) in [7, 11) is 1.40. The number of hydrogen-bond donors (Lipinski definition) is 0. The van der Waals surface area contributed by atoms with E-state index in [1.165, 1.54) is 7.11 Å². The molecular weight excluding hydrogens is 198 g/mol. The van der Waals surface area contributed by atoms with E-state index in [4.69, 9.17) is 9.47 Å². The number of carbonyl (C=O) groups is 1. The Morgan fingerprint density at radius 2 is 2.40 bits per heavy atom. The largest absolute Gasteiger partial charge is 0.468 e. The lowest BCUT2D eigenvalue weighted by Gasteiger charge is -2.28. The normalized spacial score (nSPS) is 21.7. The molecule has 1 saturated heterocycles. The number of likely N-dealkylation sites (N-methyl/N-ethyl adjacent to an activating group) is 1. The highest BCUT2D eigenvalue weighted by molar-refractivity contribution is 5.71. The molecule has 1 aliphatic heterocycles. The number of hydrogen-bond acceptors (Lipinski definition) is 5. The van der Waals surface area contributed by atoms with Crippen LogP contribution in [0.2, 0.25) is 0 Å². The van der Waals surface area contributed by atoms with Crippen molar-refractivity contribution in [2.75, 3.05) is 40.1 Å². The van der Waals surface area contributed by atoms with Gasteiger partial charge < -0.3 is 14.2 Å². The molecule has 1 fully saturated rings. The predicted molar refractivity (Wildman–Crippen MR) is 54.4 cm³/mol. The Kier molecular flexibility index (Phi) is 5.60. The lowest BCUT2D eigenvalue weighted by atomic mass is 10.2. The Bertz CT molecular complexity index is 192. The summed E-state index contributed by atoms with van der Waals surface area (Å²) in [6, 6.07) is 0. The number of carbonyl (C=O) groups excluding carboxylic acids is 1. The highest BCUT2D eigenvalue weighted by Crippen LogP contribution is 2.07. The van der Waals surface area contributed by atoms with Gasteiger partial charge in [-0.25, -0.2) is 0 Å². The number of methoxy groups -OCH3 is 1. The molecule has 88 valence electrons. The maximum Gasteiger partial charge on any atom is 0.319 e. The molecule has 1 atom stereocenters. The van der Waals surface area contributed by atoms with E-state index in [0.717, 1.165) is 26.1 Å². The second kappa shape index (κ2) is 6.76. The highest BCUT2D eigenvalue weighted by atomic mass is 16.7. The average molecular weight is 217 g/mol. The zero-order valence-corrected chi connectivity index (χ0v) is 9.40. The van der Waals surface area contributed by atoms with Gasteiger partial charge in [0.05, 0.1) is 26.4 Å². The number of rotatable bonds is 5. The van der Waals surface area contributed by atoms with Crippen LogP contribution in [0, 0.1) is 0 Å². The fourth-order valence-corrected chi connectivity index (χ4v) is 1.49. The summed E-state index contributed by atoms with van der Waals surface area (Å²) >= 11 is 0. The average Bonchev–Trinajstić information content (AvgIpc) is 2.29. The zero-order valence-electron chi connectivity index (χ0n) is 9.40. The second-order valence-electron chi connectivity index (χ2n) is 3.51. The summed E-state index contributed by atoms with van der Waals surface area (Å²) in [5.74, 6) is -0.205. The van der Waals surface area contributed by atoms with Crippen LogP contribution in [0.15, 0.2) is 0 Å². The number of ether oxygens (including phenoxy) is 3. The first-order valence-corrected chi connectivity index (χ1v) is 5.24. The Labute approximate surface area is 90.3 Å². The van der Waals surface area contributed by atoms with Crippen LogP contribution in [0.4, 0.5) is 0 Å². The van der Waals surface area contributed by atoms with Gasteiger partial charge in [0, 0.05) is 6.54 Å². The SMILES string of the molecule is CCN(CC(=O)OC)CC1CCOCO1.